The molecule has 1 aromatic heterocycles. The number of hydrogen-bond acceptors (Lipinski definition) is 7. The molecule has 1 unspecified atom stereocenters. The van der Waals surface area contributed by atoms with Gasteiger partial charge in [0.1, 0.15) is 17.6 Å². The molecule has 1 N–H and O–H groups in total. The molecule has 0 aliphatic heterocycles. The van der Waals surface area contributed by atoms with Crippen LogP contribution in [0.4, 0.5) is 0 Å². The minimum Gasteiger partial charge on any atom is -0.497 e. The van der Waals surface area contributed by atoms with Crippen molar-refractivity contribution >= 4 is 15.9 Å². The number of aromatic nitrogens is 2. The maximum atomic E-state index is 11.5. The summed E-state index contributed by atoms with van der Waals surface area (Å²) in [6.45, 7) is 7.36. The molecule has 0 spiro atoms. The summed E-state index contributed by atoms with van der Waals surface area (Å²) in [7, 11) is -2.77. The minimum absolute atomic E-state index is 0.0294. The summed E-state index contributed by atoms with van der Waals surface area (Å²) in [6.07, 6.45) is 1.29. The largest absolute Gasteiger partial charge is 0.497 e. The summed E-state index contributed by atoms with van der Waals surface area (Å²) in [5, 5.41) is -1.25. The van der Waals surface area contributed by atoms with Crippen LogP contribution in [0.25, 0.3) is 5.76 Å². The van der Waals surface area contributed by atoms with Crippen LogP contribution in [0.2, 0.25) is 0 Å². The van der Waals surface area contributed by atoms with Crippen molar-refractivity contribution in [2.45, 2.75) is 25.7 Å². The van der Waals surface area contributed by atoms with Gasteiger partial charge in [0.2, 0.25) is 5.88 Å². The van der Waals surface area contributed by atoms with E-state index in [9.17, 15) is 13.0 Å². The third-order valence-corrected chi connectivity index (χ3v) is 4.92. The van der Waals surface area contributed by atoms with Crippen LogP contribution in [0.1, 0.15) is 36.0 Å². The molecule has 1 aromatic carbocycles. The summed E-state index contributed by atoms with van der Waals surface area (Å²) in [5.74, 6) is 1.14. The third-order valence-electron chi connectivity index (χ3n) is 3.77. The summed E-state index contributed by atoms with van der Waals surface area (Å²) < 4.78 is 48.6. The molecule has 0 amide bonds. The van der Waals surface area contributed by atoms with Gasteiger partial charge < -0.3 is 14.2 Å². The van der Waals surface area contributed by atoms with Crippen LogP contribution in [-0.4, -0.2) is 36.7 Å². The lowest BCUT2D eigenvalue weighted by Crippen LogP contribution is -2.13. The lowest BCUT2D eigenvalue weighted by atomic mass is 10.2. The molecule has 2 rings (SSSR count). The number of methoxy groups -OCH3 is 1. The van der Waals surface area contributed by atoms with Crippen LogP contribution in [0, 0.1) is 0 Å². The molecule has 0 fully saturated rings. The van der Waals surface area contributed by atoms with Gasteiger partial charge in [-0.2, -0.15) is 13.4 Å². The Labute approximate surface area is 158 Å². The maximum absolute atomic E-state index is 11.5. The maximum Gasteiger partial charge on any atom is 0.271 e. The van der Waals surface area contributed by atoms with Crippen LogP contribution in [0.15, 0.2) is 37.0 Å². The van der Waals surface area contributed by atoms with Gasteiger partial charge >= 0.3 is 0 Å². The Morgan fingerprint density at radius 3 is 2.52 bits per heavy atom. The standard InChI is InChI=1S/C18H22N2O6S/c1-5-25-12(2)17-19-10-16(13(3)27(21,22)23)18(20-17)26-11-14-6-8-15(24-4)9-7-14/h6-10,13H,2,5,11H2,1,3-4H3,(H,21,22,23). The number of benzene rings is 1. The second kappa shape index (κ2) is 8.83. The summed E-state index contributed by atoms with van der Waals surface area (Å²) in [6, 6.07) is 7.18. The molecule has 2 aromatic rings. The van der Waals surface area contributed by atoms with Crippen LogP contribution in [-0.2, 0) is 21.5 Å². The summed E-state index contributed by atoms with van der Waals surface area (Å²) >= 11 is 0. The van der Waals surface area contributed by atoms with E-state index in [1.807, 2.05) is 12.1 Å². The Kier molecular flexibility index (Phi) is 6.75. The number of hydrogen-bond donors (Lipinski definition) is 1. The first-order chi connectivity index (χ1) is 12.8. The Bertz CT molecular complexity index is 897. The lowest BCUT2D eigenvalue weighted by molar-refractivity contribution is 0.281. The Hall–Kier alpha value is -2.65. The van der Waals surface area contributed by atoms with E-state index in [2.05, 4.69) is 16.5 Å². The molecule has 0 aliphatic carbocycles. The zero-order valence-corrected chi connectivity index (χ0v) is 16.2. The van der Waals surface area contributed by atoms with E-state index >= 15 is 0 Å². The van der Waals surface area contributed by atoms with Gasteiger partial charge in [0.25, 0.3) is 10.1 Å². The SMILES string of the molecule is C=C(OCC)c1ncc(C(C)S(=O)(=O)O)c(OCc2ccc(OC)cc2)n1. The predicted molar refractivity (Wildman–Crippen MR) is 100.0 cm³/mol. The van der Waals surface area contributed by atoms with E-state index in [1.165, 1.54) is 13.1 Å². The molecule has 0 radical (unpaired) electrons. The van der Waals surface area contributed by atoms with Crippen molar-refractivity contribution in [3.63, 3.8) is 0 Å². The predicted octanol–water partition coefficient (Wildman–Crippen LogP) is 3.02. The minimum atomic E-state index is -4.34. The van der Waals surface area contributed by atoms with Crippen molar-refractivity contribution in [2.75, 3.05) is 13.7 Å². The molecular weight excluding hydrogens is 372 g/mol. The van der Waals surface area contributed by atoms with Gasteiger partial charge in [0.15, 0.2) is 11.6 Å². The van der Waals surface area contributed by atoms with Crippen molar-refractivity contribution in [1.82, 2.24) is 9.97 Å². The Morgan fingerprint density at radius 1 is 1.30 bits per heavy atom. The van der Waals surface area contributed by atoms with Gasteiger partial charge in [-0.1, -0.05) is 18.7 Å². The van der Waals surface area contributed by atoms with Crippen LogP contribution < -0.4 is 9.47 Å². The molecule has 27 heavy (non-hydrogen) atoms. The topological polar surface area (TPSA) is 108 Å². The van der Waals surface area contributed by atoms with Crippen molar-refractivity contribution < 1.29 is 27.2 Å². The highest BCUT2D eigenvalue weighted by Gasteiger charge is 2.26. The molecule has 0 saturated heterocycles. The fourth-order valence-corrected chi connectivity index (χ4v) is 2.66. The third kappa shape index (κ3) is 5.41. The molecule has 8 nitrogen and oxygen atoms in total. The fourth-order valence-electron chi connectivity index (χ4n) is 2.18. The molecule has 9 heteroatoms. The smallest absolute Gasteiger partial charge is 0.271 e. The normalized spacial score (nSPS) is 12.3. The van der Waals surface area contributed by atoms with Gasteiger partial charge in [0.05, 0.1) is 19.3 Å². The molecular formula is C18H22N2O6S. The average Bonchev–Trinajstić information content (AvgIpc) is 2.65. The Morgan fingerprint density at radius 2 is 1.96 bits per heavy atom. The highest BCUT2D eigenvalue weighted by atomic mass is 32.2. The Balaban J connectivity index is 2.33. The average molecular weight is 394 g/mol. The first-order valence-electron chi connectivity index (χ1n) is 8.17. The van der Waals surface area contributed by atoms with Crippen molar-refractivity contribution in [3.8, 4) is 11.6 Å². The highest BCUT2D eigenvalue weighted by molar-refractivity contribution is 7.86. The number of ether oxygens (including phenoxy) is 3. The highest BCUT2D eigenvalue weighted by Crippen LogP contribution is 2.29. The monoisotopic (exact) mass is 394 g/mol. The number of nitrogens with zero attached hydrogens (tertiary/aromatic N) is 2. The van der Waals surface area contributed by atoms with Gasteiger partial charge in [-0.3, -0.25) is 4.55 Å². The van der Waals surface area contributed by atoms with E-state index < -0.39 is 15.4 Å². The van der Waals surface area contributed by atoms with E-state index in [-0.39, 0.29) is 29.6 Å². The molecule has 0 bridgehead atoms. The zero-order valence-electron chi connectivity index (χ0n) is 15.4. The van der Waals surface area contributed by atoms with Crippen molar-refractivity contribution in [1.29, 1.82) is 0 Å². The molecule has 146 valence electrons. The van der Waals surface area contributed by atoms with Gasteiger partial charge in [-0.25, -0.2) is 4.98 Å². The van der Waals surface area contributed by atoms with Crippen LogP contribution in [0.3, 0.4) is 0 Å². The second-order valence-electron chi connectivity index (χ2n) is 5.60. The van der Waals surface area contributed by atoms with Gasteiger partial charge in [-0.05, 0) is 31.5 Å². The molecule has 0 saturated carbocycles. The quantitative estimate of drug-likeness (QED) is 0.511. The van der Waals surface area contributed by atoms with E-state index in [0.717, 1.165) is 5.56 Å². The molecule has 1 atom stereocenters. The van der Waals surface area contributed by atoms with Gasteiger partial charge in [-0.15, -0.1) is 0 Å². The fraction of sp³-hybridized carbons (Fsp3) is 0.333. The summed E-state index contributed by atoms with van der Waals surface area (Å²) in [5.41, 5.74) is 0.962. The molecule has 1 heterocycles. The second-order valence-corrected chi connectivity index (χ2v) is 7.34. The van der Waals surface area contributed by atoms with E-state index in [4.69, 9.17) is 14.2 Å². The zero-order chi connectivity index (χ0) is 20.0. The lowest BCUT2D eigenvalue weighted by Gasteiger charge is -2.15. The van der Waals surface area contributed by atoms with E-state index in [1.54, 1.807) is 26.2 Å². The first-order valence-corrected chi connectivity index (χ1v) is 9.67. The van der Waals surface area contributed by atoms with E-state index in [0.29, 0.717) is 12.4 Å². The van der Waals surface area contributed by atoms with Crippen LogP contribution >= 0.6 is 0 Å². The van der Waals surface area contributed by atoms with Crippen molar-refractivity contribution in [3.05, 3.63) is 54.0 Å². The van der Waals surface area contributed by atoms with Crippen molar-refractivity contribution in [2.24, 2.45) is 0 Å². The van der Waals surface area contributed by atoms with Gasteiger partial charge in [0, 0.05) is 6.20 Å². The first kappa shape index (κ1) is 20.7. The summed E-state index contributed by atoms with van der Waals surface area (Å²) in [4.78, 5) is 8.28. The molecule has 0 aliphatic rings. The van der Waals surface area contributed by atoms with Crippen LogP contribution in [0.5, 0.6) is 11.6 Å². The number of rotatable bonds is 9.